The maximum atomic E-state index is 13.1. The van der Waals surface area contributed by atoms with Crippen LogP contribution in [0, 0.1) is 5.82 Å². The van der Waals surface area contributed by atoms with Gasteiger partial charge in [0.1, 0.15) is 11.6 Å². The molecule has 17 heavy (non-hydrogen) atoms. The molecular formula is C13H15FN2O. The zero-order valence-electron chi connectivity index (χ0n) is 9.69. The molecule has 1 aromatic heterocycles. The predicted molar refractivity (Wildman–Crippen MR) is 64.7 cm³/mol. The lowest BCUT2D eigenvalue weighted by Crippen LogP contribution is -2.17. The molecule has 4 heteroatoms. The summed E-state index contributed by atoms with van der Waals surface area (Å²) in [7, 11) is 1.94. The Balaban J connectivity index is 2.02. The Hall–Kier alpha value is -1.81. The second-order valence-electron chi connectivity index (χ2n) is 4.09. The summed E-state index contributed by atoms with van der Waals surface area (Å²) in [6.07, 6.45) is 1.64. The molecule has 0 amide bonds. The minimum Gasteiger partial charge on any atom is -0.468 e. The number of nitrogens with zero attached hydrogens (tertiary/aromatic N) is 1. The van der Waals surface area contributed by atoms with Crippen molar-refractivity contribution in [2.75, 3.05) is 12.8 Å². The molecule has 0 bridgehead atoms. The van der Waals surface area contributed by atoms with Crippen LogP contribution in [0.2, 0.25) is 0 Å². The third kappa shape index (κ3) is 3.07. The lowest BCUT2D eigenvalue weighted by Gasteiger charge is -2.16. The largest absolute Gasteiger partial charge is 0.468 e. The number of benzene rings is 1. The fourth-order valence-corrected chi connectivity index (χ4v) is 1.73. The quantitative estimate of drug-likeness (QED) is 0.827. The van der Waals surface area contributed by atoms with Crippen LogP contribution in [-0.2, 0) is 13.1 Å². The molecule has 2 rings (SSSR count). The van der Waals surface area contributed by atoms with Crippen molar-refractivity contribution in [2.45, 2.75) is 13.1 Å². The minimum atomic E-state index is -0.263. The standard InChI is InChI=1S/C13H15FN2O/c1-16(9-12-3-2-6-17-12)8-10-7-11(14)4-5-13(10)15/h2-7H,8-9,15H2,1H3. The van der Waals surface area contributed by atoms with Crippen LogP contribution < -0.4 is 5.73 Å². The van der Waals surface area contributed by atoms with Crippen molar-refractivity contribution >= 4 is 5.69 Å². The number of hydrogen-bond acceptors (Lipinski definition) is 3. The first-order valence-electron chi connectivity index (χ1n) is 5.40. The molecule has 0 fully saturated rings. The average molecular weight is 234 g/mol. The van der Waals surface area contributed by atoms with Crippen molar-refractivity contribution < 1.29 is 8.81 Å². The molecule has 0 aliphatic heterocycles. The van der Waals surface area contributed by atoms with Gasteiger partial charge in [0.05, 0.1) is 12.8 Å². The SMILES string of the molecule is CN(Cc1ccco1)Cc1cc(F)ccc1N. The van der Waals surface area contributed by atoms with Gasteiger partial charge in [-0.2, -0.15) is 0 Å². The highest BCUT2D eigenvalue weighted by Gasteiger charge is 2.07. The third-order valence-electron chi connectivity index (χ3n) is 2.55. The van der Waals surface area contributed by atoms with Crippen LogP contribution in [0.4, 0.5) is 10.1 Å². The third-order valence-corrected chi connectivity index (χ3v) is 2.55. The average Bonchev–Trinajstić information content (AvgIpc) is 2.76. The van der Waals surface area contributed by atoms with E-state index in [1.807, 2.05) is 24.1 Å². The molecule has 0 unspecified atom stereocenters. The van der Waals surface area contributed by atoms with Crippen LogP contribution in [0.25, 0.3) is 0 Å². The van der Waals surface area contributed by atoms with E-state index in [4.69, 9.17) is 10.2 Å². The summed E-state index contributed by atoms with van der Waals surface area (Å²) >= 11 is 0. The smallest absolute Gasteiger partial charge is 0.123 e. The van der Waals surface area contributed by atoms with Crippen molar-refractivity contribution in [3.63, 3.8) is 0 Å². The van der Waals surface area contributed by atoms with Crippen LogP contribution in [-0.4, -0.2) is 11.9 Å². The minimum absolute atomic E-state index is 0.263. The van der Waals surface area contributed by atoms with E-state index in [0.717, 1.165) is 11.3 Å². The van der Waals surface area contributed by atoms with Gasteiger partial charge in [-0.1, -0.05) is 0 Å². The van der Waals surface area contributed by atoms with Gasteiger partial charge in [-0.15, -0.1) is 0 Å². The zero-order chi connectivity index (χ0) is 12.3. The highest BCUT2D eigenvalue weighted by Crippen LogP contribution is 2.16. The van der Waals surface area contributed by atoms with Gasteiger partial charge in [-0.3, -0.25) is 4.90 Å². The normalized spacial score (nSPS) is 11.0. The number of hydrogen-bond donors (Lipinski definition) is 1. The molecule has 3 nitrogen and oxygen atoms in total. The fraction of sp³-hybridized carbons (Fsp3) is 0.231. The van der Waals surface area contributed by atoms with Gasteiger partial charge in [0.2, 0.25) is 0 Å². The molecule has 0 spiro atoms. The summed E-state index contributed by atoms with van der Waals surface area (Å²) in [5.74, 6) is 0.614. The Morgan fingerprint density at radius 2 is 2.12 bits per heavy atom. The highest BCUT2D eigenvalue weighted by atomic mass is 19.1. The van der Waals surface area contributed by atoms with E-state index in [0.29, 0.717) is 18.8 Å². The van der Waals surface area contributed by atoms with Crippen molar-refractivity contribution in [2.24, 2.45) is 0 Å². The van der Waals surface area contributed by atoms with Gasteiger partial charge < -0.3 is 10.2 Å². The van der Waals surface area contributed by atoms with E-state index >= 15 is 0 Å². The molecule has 0 saturated heterocycles. The Labute approximate surface area is 99.6 Å². The Morgan fingerprint density at radius 1 is 1.29 bits per heavy atom. The molecule has 2 N–H and O–H groups in total. The molecule has 1 aromatic carbocycles. The summed E-state index contributed by atoms with van der Waals surface area (Å²) in [5, 5.41) is 0. The lowest BCUT2D eigenvalue weighted by molar-refractivity contribution is 0.288. The van der Waals surface area contributed by atoms with Crippen LogP contribution in [0.1, 0.15) is 11.3 Å². The second kappa shape index (κ2) is 5.01. The van der Waals surface area contributed by atoms with Gasteiger partial charge in [-0.25, -0.2) is 4.39 Å². The molecule has 0 atom stereocenters. The van der Waals surface area contributed by atoms with Crippen LogP contribution in [0.15, 0.2) is 41.0 Å². The van der Waals surface area contributed by atoms with Gasteiger partial charge in [0.15, 0.2) is 0 Å². The lowest BCUT2D eigenvalue weighted by atomic mass is 10.1. The van der Waals surface area contributed by atoms with E-state index < -0.39 is 0 Å². The molecule has 1 heterocycles. The number of nitrogens with two attached hydrogens (primary N) is 1. The Morgan fingerprint density at radius 3 is 2.82 bits per heavy atom. The molecule has 90 valence electrons. The van der Waals surface area contributed by atoms with Crippen LogP contribution in [0.3, 0.4) is 0 Å². The van der Waals surface area contributed by atoms with E-state index in [1.54, 1.807) is 12.3 Å². The summed E-state index contributed by atoms with van der Waals surface area (Å²) in [5.41, 5.74) is 7.19. The fourth-order valence-electron chi connectivity index (χ4n) is 1.73. The first-order chi connectivity index (χ1) is 8.15. The topological polar surface area (TPSA) is 42.4 Å². The maximum absolute atomic E-state index is 13.1. The molecular weight excluding hydrogens is 219 g/mol. The van der Waals surface area contributed by atoms with E-state index in [2.05, 4.69) is 0 Å². The molecule has 0 radical (unpaired) electrons. The first-order valence-corrected chi connectivity index (χ1v) is 5.40. The Bertz CT molecular complexity index is 482. The van der Waals surface area contributed by atoms with E-state index in [1.165, 1.54) is 12.1 Å². The van der Waals surface area contributed by atoms with Gasteiger partial charge in [-0.05, 0) is 42.9 Å². The van der Waals surface area contributed by atoms with Crippen LogP contribution >= 0.6 is 0 Å². The first kappa shape index (κ1) is 11.7. The van der Waals surface area contributed by atoms with E-state index in [-0.39, 0.29) is 5.82 Å². The van der Waals surface area contributed by atoms with Gasteiger partial charge in [0, 0.05) is 12.2 Å². The van der Waals surface area contributed by atoms with Crippen molar-refractivity contribution in [1.82, 2.24) is 4.90 Å². The van der Waals surface area contributed by atoms with Gasteiger partial charge in [0.25, 0.3) is 0 Å². The Kier molecular flexibility index (Phi) is 3.44. The van der Waals surface area contributed by atoms with Crippen LogP contribution in [0.5, 0.6) is 0 Å². The van der Waals surface area contributed by atoms with E-state index in [9.17, 15) is 4.39 Å². The van der Waals surface area contributed by atoms with Crippen molar-refractivity contribution in [3.8, 4) is 0 Å². The number of nitrogen functional groups attached to an aromatic ring is 1. The maximum Gasteiger partial charge on any atom is 0.123 e. The highest BCUT2D eigenvalue weighted by molar-refractivity contribution is 5.46. The molecule has 2 aromatic rings. The predicted octanol–water partition coefficient (Wildman–Crippen LogP) is 2.63. The number of anilines is 1. The number of rotatable bonds is 4. The summed E-state index contributed by atoms with van der Waals surface area (Å²) < 4.78 is 18.3. The number of furan rings is 1. The summed E-state index contributed by atoms with van der Waals surface area (Å²) in [6.45, 7) is 1.26. The van der Waals surface area contributed by atoms with Crippen molar-refractivity contribution in [1.29, 1.82) is 0 Å². The second-order valence-corrected chi connectivity index (χ2v) is 4.09. The molecule has 0 aliphatic rings. The molecule has 0 saturated carbocycles. The zero-order valence-corrected chi connectivity index (χ0v) is 9.69. The van der Waals surface area contributed by atoms with Gasteiger partial charge >= 0.3 is 0 Å². The number of halogens is 1. The summed E-state index contributed by atoms with van der Waals surface area (Å²) in [4.78, 5) is 2.02. The summed E-state index contributed by atoms with van der Waals surface area (Å²) in [6, 6.07) is 8.18. The monoisotopic (exact) mass is 234 g/mol. The molecule has 0 aliphatic carbocycles. The van der Waals surface area contributed by atoms with Crippen molar-refractivity contribution in [3.05, 3.63) is 53.7 Å².